The molecule has 11 heteroatoms. The second-order valence-electron chi connectivity index (χ2n) is 4.17. The van der Waals surface area contributed by atoms with Crippen molar-refractivity contribution in [1.82, 2.24) is 15.2 Å². The van der Waals surface area contributed by atoms with Crippen molar-refractivity contribution < 1.29 is 18.0 Å². The average Bonchev–Trinajstić information content (AvgIpc) is 2.46. The number of benzene rings is 1. The third-order valence-electron chi connectivity index (χ3n) is 2.45. The van der Waals surface area contributed by atoms with Crippen LogP contribution >= 0.6 is 23.4 Å². The van der Waals surface area contributed by atoms with Crippen LogP contribution in [-0.2, 0) is 11.0 Å². The van der Waals surface area contributed by atoms with Crippen LogP contribution in [0, 0.1) is 0 Å². The summed E-state index contributed by atoms with van der Waals surface area (Å²) < 4.78 is 38.2. The minimum Gasteiger partial charge on any atom is -0.325 e. The molecule has 0 saturated carbocycles. The Labute approximate surface area is 136 Å². The maximum atomic E-state index is 12.7. The maximum absolute atomic E-state index is 12.7. The van der Waals surface area contributed by atoms with Gasteiger partial charge in [0.1, 0.15) is 6.20 Å². The Kier molecular flexibility index (Phi) is 5.26. The van der Waals surface area contributed by atoms with Gasteiger partial charge in [0.15, 0.2) is 5.16 Å². The van der Waals surface area contributed by atoms with E-state index in [1.54, 1.807) is 0 Å². The van der Waals surface area contributed by atoms with Gasteiger partial charge in [0.2, 0.25) is 5.91 Å². The molecular formula is C12H8ClF3N4O2S. The second-order valence-corrected chi connectivity index (χ2v) is 5.54. The quantitative estimate of drug-likeness (QED) is 0.814. The number of hydrogen-bond acceptors (Lipinski definition) is 5. The number of rotatable bonds is 4. The van der Waals surface area contributed by atoms with Crippen molar-refractivity contribution in [2.24, 2.45) is 0 Å². The molecule has 1 aromatic carbocycles. The molecule has 0 radical (unpaired) electrons. The number of carbonyl (C=O) groups excluding carboxylic acids is 1. The molecular weight excluding hydrogens is 357 g/mol. The lowest BCUT2D eigenvalue weighted by Crippen LogP contribution is -2.16. The first-order chi connectivity index (χ1) is 10.8. The Morgan fingerprint density at radius 3 is 2.78 bits per heavy atom. The third-order valence-corrected chi connectivity index (χ3v) is 3.64. The Bertz CT molecular complexity index is 781. The Balaban J connectivity index is 2.02. The summed E-state index contributed by atoms with van der Waals surface area (Å²) in [6.45, 7) is 0. The molecule has 1 amide bonds. The van der Waals surface area contributed by atoms with Gasteiger partial charge >= 0.3 is 6.18 Å². The lowest BCUT2D eigenvalue weighted by molar-refractivity contribution is -0.137. The number of carbonyl (C=O) groups is 1. The first kappa shape index (κ1) is 17.3. The zero-order chi connectivity index (χ0) is 17.0. The van der Waals surface area contributed by atoms with Gasteiger partial charge in [-0.3, -0.25) is 14.6 Å². The van der Waals surface area contributed by atoms with Crippen molar-refractivity contribution in [3.05, 3.63) is 45.3 Å². The van der Waals surface area contributed by atoms with Crippen molar-refractivity contribution in [3.8, 4) is 0 Å². The summed E-state index contributed by atoms with van der Waals surface area (Å²) in [5, 5.41) is 8.97. The molecule has 2 aromatic rings. The number of thioether (sulfide) groups is 1. The monoisotopic (exact) mass is 364 g/mol. The Morgan fingerprint density at radius 2 is 2.13 bits per heavy atom. The molecule has 0 aliphatic carbocycles. The van der Waals surface area contributed by atoms with E-state index in [-0.39, 0.29) is 16.6 Å². The fraction of sp³-hybridized carbons (Fsp3) is 0.167. The molecule has 0 fully saturated rings. The van der Waals surface area contributed by atoms with Gasteiger partial charge in [-0.15, -0.1) is 5.10 Å². The zero-order valence-electron chi connectivity index (χ0n) is 11.1. The van der Waals surface area contributed by atoms with Crippen molar-refractivity contribution in [2.75, 3.05) is 11.1 Å². The molecule has 0 aliphatic heterocycles. The number of aromatic nitrogens is 3. The molecule has 0 bridgehead atoms. The van der Waals surface area contributed by atoms with Crippen molar-refractivity contribution in [3.63, 3.8) is 0 Å². The fourth-order valence-electron chi connectivity index (χ4n) is 1.51. The van der Waals surface area contributed by atoms with Gasteiger partial charge in [0.05, 0.1) is 16.3 Å². The van der Waals surface area contributed by atoms with Crippen molar-refractivity contribution in [1.29, 1.82) is 0 Å². The van der Waals surface area contributed by atoms with Gasteiger partial charge in [-0.1, -0.05) is 23.4 Å². The van der Waals surface area contributed by atoms with Crippen molar-refractivity contribution in [2.45, 2.75) is 11.3 Å². The van der Waals surface area contributed by atoms with Crippen LogP contribution in [0.1, 0.15) is 5.56 Å². The van der Waals surface area contributed by atoms with Crippen LogP contribution in [0.2, 0.25) is 5.02 Å². The number of hydrogen-bond donors (Lipinski definition) is 2. The summed E-state index contributed by atoms with van der Waals surface area (Å²) in [6, 6.07) is 3.05. The van der Waals surface area contributed by atoms with Crippen LogP contribution in [0.4, 0.5) is 18.9 Å². The molecule has 23 heavy (non-hydrogen) atoms. The molecule has 0 spiro atoms. The van der Waals surface area contributed by atoms with Gasteiger partial charge in [0, 0.05) is 5.69 Å². The van der Waals surface area contributed by atoms with E-state index in [4.69, 9.17) is 11.6 Å². The van der Waals surface area contributed by atoms with E-state index in [2.05, 4.69) is 20.5 Å². The first-order valence-electron chi connectivity index (χ1n) is 5.97. The highest BCUT2D eigenvalue weighted by molar-refractivity contribution is 7.99. The van der Waals surface area contributed by atoms with Crippen LogP contribution in [0.15, 0.2) is 34.3 Å². The molecule has 0 atom stereocenters. The van der Waals surface area contributed by atoms with E-state index in [0.29, 0.717) is 0 Å². The molecule has 1 heterocycles. The number of alkyl halides is 3. The molecule has 2 rings (SSSR count). The lowest BCUT2D eigenvalue weighted by Gasteiger charge is -2.11. The summed E-state index contributed by atoms with van der Waals surface area (Å²) in [7, 11) is 0. The van der Waals surface area contributed by atoms with Crippen LogP contribution in [0.25, 0.3) is 0 Å². The second kappa shape index (κ2) is 7.01. The lowest BCUT2D eigenvalue weighted by atomic mass is 10.2. The van der Waals surface area contributed by atoms with E-state index < -0.39 is 28.2 Å². The number of halogens is 4. The molecule has 0 saturated heterocycles. The topological polar surface area (TPSA) is 87.7 Å². The number of aromatic amines is 1. The molecule has 2 N–H and O–H groups in total. The predicted octanol–water partition coefficient (Wildman–Crippen LogP) is 2.57. The predicted molar refractivity (Wildman–Crippen MR) is 78.5 cm³/mol. The molecule has 0 unspecified atom stereocenters. The standard InChI is InChI=1S/C12H8ClF3N4O2S/c13-8-2-1-6(3-7(8)12(14,15)16)18-10(22)5-23-11-19-9(21)4-17-20-11/h1-4H,5H2,(H,18,22)(H,19,20,21). The first-order valence-corrected chi connectivity index (χ1v) is 7.33. The van der Waals surface area contributed by atoms with Crippen LogP contribution in [-0.4, -0.2) is 26.8 Å². The van der Waals surface area contributed by atoms with E-state index in [0.717, 1.165) is 30.1 Å². The normalized spacial score (nSPS) is 11.3. The highest BCUT2D eigenvalue weighted by atomic mass is 35.5. The zero-order valence-corrected chi connectivity index (χ0v) is 12.7. The van der Waals surface area contributed by atoms with Gasteiger partial charge < -0.3 is 5.32 Å². The van der Waals surface area contributed by atoms with Crippen LogP contribution < -0.4 is 10.9 Å². The summed E-state index contributed by atoms with van der Waals surface area (Å²) in [5.41, 5.74) is -1.56. The Morgan fingerprint density at radius 1 is 1.39 bits per heavy atom. The van der Waals surface area contributed by atoms with Crippen molar-refractivity contribution >= 4 is 35.0 Å². The maximum Gasteiger partial charge on any atom is 0.417 e. The van der Waals surface area contributed by atoms with Gasteiger partial charge in [-0.25, -0.2) is 0 Å². The van der Waals surface area contributed by atoms with E-state index in [1.165, 1.54) is 6.07 Å². The number of H-pyrrole nitrogens is 1. The number of anilines is 1. The number of nitrogens with zero attached hydrogens (tertiary/aromatic N) is 2. The Hall–Kier alpha value is -2.07. The summed E-state index contributed by atoms with van der Waals surface area (Å²) in [5.74, 6) is -0.740. The molecule has 122 valence electrons. The number of amides is 1. The number of nitrogens with one attached hydrogen (secondary N) is 2. The molecule has 0 aliphatic rings. The van der Waals surface area contributed by atoms with Gasteiger partial charge in [-0.2, -0.15) is 18.3 Å². The summed E-state index contributed by atoms with van der Waals surface area (Å²) >= 11 is 6.37. The van der Waals surface area contributed by atoms with E-state index in [1.807, 2.05) is 0 Å². The summed E-state index contributed by atoms with van der Waals surface area (Å²) in [4.78, 5) is 25.1. The smallest absolute Gasteiger partial charge is 0.325 e. The molecule has 6 nitrogen and oxygen atoms in total. The highest BCUT2D eigenvalue weighted by Gasteiger charge is 2.33. The minimum atomic E-state index is -4.62. The van der Waals surface area contributed by atoms with Crippen LogP contribution in [0.3, 0.4) is 0 Å². The van der Waals surface area contributed by atoms with E-state index >= 15 is 0 Å². The van der Waals surface area contributed by atoms with Gasteiger partial charge in [-0.05, 0) is 18.2 Å². The average molecular weight is 365 g/mol. The highest BCUT2D eigenvalue weighted by Crippen LogP contribution is 2.36. The fourth-order valence-corrected chi connectivity index (χ4v) is 2.35. The van der Waals surface area contributed by atoms with Gasteiger partial charge in [0.25, 0.3) is 5.56 Å². The molecule has 1 aromatic heterocycles. The van der Waals surface area contributed by atoms with Crippen LogP contribution in [0.5, 0.6) is 0 Å². The third kappa shape index (κ3) is 4.96. The SMILES string of the molecule is O=C(CSc1nncc(=O)[nH]1)Nc1ccc(Cl)c(C(F)(F)F)c1. The summed E-state index contributed by atoms with van der Waals surface area (Å²) in [6.07, 6.45) is -3.65. The van der Waals surface area contributed by atoms with E-state index in [9.17, 15) is 22.8 Å². The minimum absolute atomic E-state index is 0.0417. The largest absolute Gasteiger partial charge is 0.417 e.